The molecule has 4 aromatic carbocycles. The summed E-state index contributed by atoms with van der Waals surface area (Å²) in [4.78, 5) is 15.3. The number of benzene rings is 4. The van der Waals surface area contributed by atoms with Gasteiger partial charge in [-0.15, -0.1) is 0 Å². The van der Waals surface area contributed by atoms with E-state index in [2.05, 4.69) is 35.6 Å². The Labute approximate surface area is 156 Å². The number of nitrogens with one attached hydrogen (secondary N) is 1. The van der Waals surface area contributed by atoms with Crippen LogP contribution in [0.2, 0.25) is 0 Å². The molecule has 2 aliphatic heterocycles. The van der Waals surface area contributed by atoms with Crippen LogP contribution in [0.4, 0.5) is 11.4 Å². The molecule has 128 valence electrons. The van der Waals surface area contributed by atoms with E-state index < -0.39 is 0 Å². The van der Waals surface area contributed by atoms with Gasteiger partial charge in [0.15, 0.2) is 0 Å². The Kier molecular flexibility index (Phi) is 2.81. The van der Waals surface area contributed by atoms with Gasteiger partial charge < -0.3 is 5.32 Å². The predicted octanol–water partition coefficient (Wildman–Crippen LogP) is 5.59. The molecule has 3 nitrogen and oxygen atoms in total. The van der Waals surface area contributed by atoms with Crippen molar-refractivity contribution in [3.63, 3.8) is 0 Å². The van der Waals surface area contributed by atoms with Gasteiger partial charge in [0.25, 0.3) is 5.91 Å². The van der Waals surface area contributed by atoms with Crippen molar-refractivity contribution in [3.8, 4) is 11.1 Å². The van der Waals surface area contributed by atoms with Crippen molar-refractivity contribution in [1.29, 1.82) is 0 Å². The van der Waals surface area contributed by atoms with Crippen LogP contribution in [0.1, 0.15) is 22.1 Å². The van der Waals surface area contributed by atoms with Crippen molar-refractivity contribution in [2.45, 2.75) is 6.17 Å². The van der Waals surface area contributed by atoms with Crippen LogP contribution in [0.3, 0.4) is 0 Å². The fourth-order valence-electron chi connectivity index (χ4n) is 4.44. The van der Waals surface area contributed by atoms with Gasteiger partial charge in [0.2, 0.25) is 0 Å². The minimum atomic E-state index is -0.155. The summed E-state index contributed by atoms with van der Waals surface area (Å²) in [5.41, 5.74) is 6.20. The third-order valence-corrected chi connectivity index (χ3v) is 5.62. The molecule has 6 rings (SSSR count). The molecule has 27 heavy (non-hydrogen) atoms. The molecule has 0 fully saturated rings. The molecule has 0 aliphatic carbocycles. The number of hydrogen-bond acceptors (Lipinski definition) is 2. The maximum atomic E-state index is 13.4. The molecule has 4 aromatic rings. The van der Waals surface area contributed by atoms with Gasteiger partial charge >= 0.3 is 0 Å². The second-order valence-electron chi connectivity index (χ2n) is 7.04. The average molecular weight is 348 g/mol. The smallest absolute Gasteiger partial charge is 0.260 e. The van der Waals surface area contributed by atoms with Crippen LogP contribution in [0, 0.1) is 0 Å². The van der Waals surface area contributed by atoms with Gasteiger partial charge in [-0.3, -0.25) is 9.69 Å². The molecule has 0 radical (unpaired) electrons. The summed E-state index contributed by atoms with van der Waals surface area (Å²) in [6, 6.07) is 28.8. The second kappa shape index (κ2) is 5.21. The Morgan fingerprint density at radius 2 is 1.56 bits per heavy atom. The molecule has 1 unspecified atom stereocenters. The number of rotatable bonds is 1. The lowest BCUT2D eigenvalue weighted by Gasteiger charge is -2.32. The molecular weight excluding hydrogens is 332 g/mol. The Morgan fingerprint density at radius 1 is 0.741 bits per heavy atom. The summed E-state index contributed by atoms with van der Waals surface area (Å²) >= 11 is 0. The maximum absolute atomic E-state index is 13.4. The molecule has 1 amide bonds. The summed E-state index contributed by atoms with van der Waals surface area (Å²) < 4.78 is 0. The maximum Gasteiger partial charge on any atom is 0.260 e. The van der Waals surface area contributed by atoms with E-state index in [-0.39, 0.29) is 12.1 Å². The number of fused-ring (bicyclic) bond motifs is 4. The van der Waals surface area contributed by atoms with E-state index in [4.69, 9.17) is 0 Å². The summed E-state index contributed by atoms with van der Waals surface area (Å²) in [6.45, 7) is 0. The van der Waals surface area contributed by atoms with Crippen LogP contribution >= 0.6 is 0 Å². The lowest BCUT2D eigenvalue weighted by molar-refractivity contribution is 0.0980. The first kappa shape index (κ1) is 14.6. The van der Waals surface area contributed by atoms with Gasteiger partial charge in [0, 0.05) is 16.5 Å². The van der Waals surface area contributed by atoms with E-state index in [1.165, 1.54) is 5.56 Å². The number of carbonyl (C=O) groups is 1. The highest BCUT2D eigenvalue weighted by Gasteiger charge is 2.40. The molecular formula is C24H16N2O. The summed E-state index contributed by atoms with van der Waals surface area (Å²) in [5, 5.41) is 5.72. The third-order valence-electron chi connectivity index (χ3n) is 5.62. The van der Waals surface area contributed by atoms with Crippen LogP contribution in [0.15, 0.2) is 84.9 Å². The van der Waals surface area contributed by atoms with Gasteiger partial charge in [-0.05, 0) is 34.7 Å². The lowest BCUT2D eigenvalue weighted by Crippen LogP contribution is -2.37. The molecule has 0 bridgehead atoms. The third kappa shape index (κ3) is 1.88. The first-order valence-electron chi connectivity index (χ1n) is 9.13. The highest BCUT2D eigenvalue weighted by atomic mass is 16.2. The molecule has 0 saturated heterocycles. The number of amides is 1. The molecule has 2 heterocycles. The monoisotopic (exact) mass is 348 g/mol. The van der Waals surface area contributed by atoms with Crippen LogP contribution in [-0.2, 0) is 0 Å². The van der Waals surface area contributed by atoms with Gasteiger partial charge in [-0.25, -0.2) is 0 Å². The predicted molar refractivity (Wildman–Crippen MR) is 109 cm³/mol. The summed E-state index contributed by atoms with van der Waals surface area (Å²) in [7, 11) is 0. The van der Waals surface area contributed by atoms with Crippen molar-refractivity contribution in [1.82, 2.24) is 0 Å². The lowest BCUT2D eigenvalue weighted by atomic mass is 9.88. The zero-order chi connectivity index (χ0) is 18.0. The summed E-state index contributed by atoms with van der Waals surface area (Å²) in [6.07, 6.45) is -0.155. The van der Waals surface area contributed by atoms with Crippen molar-refractivity contribution < 1.29 is 4.79 Å². The minimum absolute atomic E-state index is 0.0563. The Bertz CT molecular complexity index is 1230. The zero-order valence-electron chi connectivity index (χ0n) is 14.5. The summed E-state index contributed by atoms with van der Waals surface area (Å²) in [5.74, 6) is 0.0563. The molecule has 3 heteroatoms. The number of para-hydroxylation sites is 2. The van der Waals surface area contributed by atoms with Crippen LogP contribution in [0.5, 0.6) is 0 Å². The van der Waals surface area contributed by atoms with Crippen molar-refractivity contribution in [3.05, 3.63) is 96.1 Å². The van der Waals surface area contributed by atoms with Crippen molar-refractivity contribution in [2.75, 3.05) is 10.2 Å². The van der Waals surface area contributed by atoms with Crippen LogP contribution in [-0.4, -0.2) is 5.91 Å². The van der Waals surface area contributed by atoms with E-state index in [0.29, 0.717) is 0 Å². The largest absolute Gasteiger partial charge is 0.359 e. The first-order valence-corrected chi connectivity index (χ1v) is 9.13. The average Bonchev–Trinajstić information content (AvgIpc) is 3.12. The quantitative estimate of drug-likeness (QED) is 0.486. The SMILES string of the molecule is O=C1c2cccc3c(-c4ccccc4)ccc(c23)C2Nc3ccccc3N12. The topological polar surface area (TPSA) is 32.3 Å². The molecule has 2 aliphatic rings. The Morgan fingerprint density at radius 3 is 2.44 bits per heavy atom. The van der Waals surface area contributed by atoms with Gasteiger partial charge in [0.05, 0.1) is 11.4 Å². The number of nitrogens with zero attached hydrogens (tertiary/aromatic N) is 1. The second-order valence-corrected chi connectivity index (χ2v) is 7.04. The van der Waals surface area contributed by atoms with Gasteiger partial charge in [-0.2, -0.15) is 0 Å². The van der Waals surface area contributed by atoms with Crippen molar-refractivity contribution >= 4 is 28.1 Å². The molecule has 1 N–H and O–H groups in total. The van der Waals surface area contributed by atoms with E-state index in [1.807, 2.05) is 59.5 Å². The number of carbonyl (C=O) groups excluding carboxylic acids is 1. The normalized spacial score (nSPS) is 16.8. The van der Waals surface area contributed by atoms with E-state index >= 15 is 0 Å². The molecule has 0 aromatic heterocycles. The zero-order valence-corrected chi connectivity index (χ0v) is 14.5. The van der Waals surface area contributed by atoms with Gasteiger partial charge in [-0.1, -0.05) is 66.7 Å². The minimum Gasteiger partial charge on any atom is -0.359 e. The fraction of sp³-hybridized carbons (Fsp3) is 0.0417. The molecule has 0 spiro atoms. The first-order chi connectivity index (χ1) is 13.3. The highest BCUT2D eigenvalue weighted by Crippen LogP contribution is 2.48. The van der Waals surface area contributed by atoms with Crippen LogP contribution in [0.25, 0.3) is 21.9 Å². The fourth-order valence-corrected chi connectivity index (χ4v) is 4.44. The van der Waals surface area contributed by atoms with Gasteiger partial charge in [0.1, 0.15) is 6.17 Å². The molecule has 1 atom stereocenters. The highest BCUT2D eigenvalue weighted by molar-refractivity contribution is 6.21. The Hall–Kier alpha value is -3.59. The Balaban J connectivity index is 1.65. The van der Waals surface area contributed by atoms with E-state index in [9.17, 15) is 4.79 Å². The van der Waals surface area contributed by atoms with Crippen molar-refractivity contribution in [2.24, 2.45) is 0 Å². The van der Waals surface area contributed by atoms with Crippen LogP contribution < -0.4 is 10.2 Å². The molecule has 0 saturated carbocycles. The van der Waals surface area contributed by atoms with E-state index in [0.717, 1.165) is 38.8 Å². The number of anilines is 2. The number of hydrogen-bond donors (Lipinski definition) is 1. The standard InChI is InChI=1S/C24H16N2O/c27-24-19-10-6-9-17-16(15-7-2-1-3-8-15)13-14-18(22(17)19)23-25-20-11-4-5-12-21(20)26(23)24/h1-14,23,25H. The van der Waals surface area contributed by atoms with E-state index in [1.54, 1.807) is 0 Å².